The zero-order valence-corrected chi connectivity index (χ0v) is 54.2. The number of allylic oxidation sites excluding steroid dienone is 24. The van der Waals surface area contributed by atoms with Crippen LogP contribution in [0.15, 0.2) is 146 Å². The Labute approximate surface area is 532 Å². The van der Waals surface area contributed by atoms with Crippen molar-refractivity contribution in [1.29, 1.82) is 0 Å². The molecule has 500 valence electrons. The van der Waals surface area contributed by atoms with Gasteiger partial charge in [-0.25, -0.2) is 0 Å². The van der Waals surface area contributed by atoms with Gasteiger partial charge < -0.3 is 65.1 Å². The fraction of sp³-hybridized carbons (Fsp3) is 0.662. The van der Waals surface area contributed by atoms with Gasteiger partial charge in [0.15, 0.2) is 12.6 Å². The molecule has 0 saturated carbocycles. The first-order chi connectivity index (χ1) is 43.1. The molecule has 9 N–H and O–H groups in total. The molecule has 2 aliphatic heterocycles. The van der Waals surface area contributed by atoms with Crippen LogP contribution in [0.2, 0.25) is 0 Å². The zero-order valence-electron chi connectivity index (χ0n) is 54.2. The maximum absolute atomic E-state index is 13.3. The smallest absolute Gasteiger partial charge is 0.220 e. The van der Waals surface area contributed by atoms with Gasteiger partial charge in [0, 0.05) is 6.42 Å². The Morgan fingerprint density at radius 1 is 0.420 bits per heavy atom. The van der Waals surface area contributed by atoms with Gasteiger partial charge in [0.1, 0.15) is 48.8 Å². The largest absolute Gasteiger partial charge is 0.394 e. The zero-order chi connectivity index (χ0) is 63.8. The van der Waals surface area contributed by atoms with Crippen molar-refractivity contribution in [3.8, 4) is 0 Å². The molecular formula is C74H121NO13. The number of aliphatic hydroxyl groups is 8. The Balaban J connectivity index is 1.64. The molecule has 0 radical (unpaired) electrons. The fourth-order valence-corrected chi connectivity index (χ4v) is 10.2. The number of carbonyl (C=O) groups is 1. The quantitative estimate of drug-likeness (QED) is 0.0204. The van der Waals surface area contributed by atoms with Crippen LogP contribution in [0.5, 0.6) is 0 Å². The molecule has 0 aromatic rings. The molecule has 0 aromatic heterocycles. The van der Waals surface area contributed by atoms with E-state index in [4.69, 9.17) is 18.9 Å². The third-order valence-corrected chi connectivity index (χ3v) is 15.6. The van der Waals surface area contributed by atoms with Gasteiger partial charge in [-0.1, -0.05) is 256 Å². The number of nitrogens with one attached hydrogen (secondary N) is 1. The number of rotatable bonds is 53. The summed E-state index contributed by atoms with van der Waals surface area (Å²) in [5, 5.41) is 87.3. The fourth-order valence-electron chi connectivity index (χ4n) is 10.2. The van der Waals surface area contributed by atoms with Crippen LogP contribution in [0.4, 0.5) is 0 Å². The molecule has 0 spiro atoms. The summed E-state index contributed by atoms with van der Waals surface area (Å²) < 4.78 is 22.8. The van der Waals surface area contributed by atoms with E-state index in [1.807, 2.05) is 0 Å². The second kappa shape index (κ2) is 56.8. The Bertz CT molecular complexity index is 2040. The van der Waals surface area contributed by atoms with Crippen LogP contribution in [0, 0.1) is 0 Å². The number of hydrogen-bond acceptors (Lipinski definition) is 13. The monoisotopic (exact) mass is 1230 g/mol. The Hall–Kier alpha value is -4.13. The highest BCUT2D eigenvalue weighted by Gasteiger charge is 2.51. The number of aliphatic hydroxyl groups excluding tert-OH is 8. The third kappa shape index (κ3) is 40.6. The van der Waals surface area contributed by atoms with E-state index in [2.05, 4.69) is 165 Å². The molecule has 2 fully saturated rings. The van der Waals surface area contributed by atoms with Crippen LogP contribution in [-0.4, -0.2) is 140 Å². The molecule has 0 aromatic carbocycles. The molecule has 2 saturated heterocycles. The molecule has 2 heterocycles. The molecule has 12 atom stereocenters. The summed E-state index contributed by atoms with van der Waals surface area (Å²) in [6.07, 6.45) is 68.6. The minimum atomic E-state index is -1.79. The van der Waals surface area contributed by atoms with Crippen molar-refractivity contribution in [2.45, 2.75) is 293 Å². The average Bonchev–Trinajstić information content (AvgIpc) is 2.45. The van der Waals surface area contributed by atoms with Crippen LogP contribution in [0.3, 0.4) is 0 Å². The minimum Gasteiger partial charge on any atom is -0.394 e. The summed E-state index contributed by atoms with van der Waals surface area (Å²) in [6, 6.07) is -0.853. The van der Waals surface area contributed by atoms with E-state index in [1.54, 1.807) is 0 Å². The topological polar surface area (TPSA) is 228 Å². The van der Waals surface area contributed by atoms with Crippen molar-refractivity contribution in [3.63, 3.8) is 0 Å². The van der Waals surface area contributed by atoms with Crippen molar-refractivity contribution in [3.05, 3.63) is 146 Å². The molecule has 2 aliphatic rings. The molecule has 0 aliphatic carbocycles. The highest BCUT2D eigenvalue weighted by Crippen LogP contribution is 2.30. The SMILES string of the molecule is CC/C=C\C/C=C\C/C=C\C/C=C\C/C=C\C/C=C\C/C=C\C/C=C\C/C=C\C/C=C\C/C=C\C/C=C\CCCCCCC(=O)NC(COC1OC(CO)C(OC2OC(CO)C(O)C(O)C2O)C(O)C1O)C(O)CCCCCCCCCCCCCCC. The number of hydrogen-bond donors (Lipinski definition) is 9. The van der Waals surface area contributed by atoms with Gasteiger partial charge >= 0.3 is 0 Å². The summed E-state index contributed by atoms with van der Waals surface area (Å²) in [7, 11) is 0. The van der Waals surface area contributed by atoms with Gasteiger partial charge in [0.2, 0.25) is 5.91 Å². The second-order valence-corrected chi connectivity index (χ2v) is 23.2. The number of unbranched alkanes of at least 4 members (excludes halogenated alkanes) is 16. The lowest BCUT2D eigenvalue weighted by molar-refractivity contribution is -0.359. The van der Waals surface area contributed by atoms with Gasteiger partial charge in [-0.3, -0.25) is 4.79 Å². The van der Waals surface area contributed by atoms with E-state index in [0.29, 0.717) is 12.8 Å². The Morgan fingerprint density at radius 2 is 0.784 bits per heavy atom. The van der Waals surface area contributed by atoms with Crippen LogP contribution in [0.1, 0.15) is 219 Å². The van der Waals surface area contributed by atoms with Crippen LogP contribution in [-0.2, 0) is 23.7 Å². The molecule has 14 nitrogen and oxygen atoms in total. The molecule has 12 unspecified atom stereocenters. The van der Waals surface area contributed by atoms with Crippen molar-refractivity contribution < 1.29 is 64.6 Å². The number of ether oxygens (including phenoxy) is 4. The molecule has 1 amide bonds. The predicted molar refractivity (Wildman–Crippen MR) is 359 cm³/mol. The summed E-state index contributed by atoms with van der Waals surface area (Å²) in [6.45, 7) is 2.71. The molecule has 88 heavy (non-hydrogen) atoms. The normalized spacial score (nSPS) is 24.1. The maximum Gasteiger partial charge on any atom is 0.220 e. The Kier molecular flexibility index (Phi) is 51.6. The first kappa shape index (κ1) is 80.0. The highest BCUT2D eigenvalue weighted by atomic mass is 16.7. The molecular weight excluding hydrogens is 1110 g/mol. The van der Waals surface area contributed by atoms with Gasteiger partial charge in [-0.05, 0) is 103 Å². The summed E-state index contributed by atoms with van der Waals surface area (Å²) in [5.74, 6) is -0.237. The van der Waals surface area contributed by atoms with E-state index in [0.717, 1.165) is 128 Å². The molecule has 2 rings (SSSR count). The van der Waals surface area contributed by atoms with E-state index in [9.17, 15) is 45.6 Å². The van der Waals surface area contributed by atoms with Crippen LogP contribution >= 0.6 is 0 Å². The summed E-state index contributed by atoms with van der Waals surface area (Å²) in [4.78, 5) is 13.3. The Morgan fingerprint density at radius 3 is 1.20 bits per heavy atom. The van der Waals surface area contributed by atoms with Crippen molar-refractivity contribution in [2.24, 2.45) is 0 Å². The van der Waals surface area contributed by atoms with Gasteiger partial charge in [-0.15, -0.1) is 0 Å². The summed E-state index contributed by atoms with van der Waals surface area (Å²) in [5.41, 5.74) is 0. The average molecular weight is 1230 g/mol. The number of carbonyl (C=O) groups excluding carboxylic acids is 1. The highest BCUT2D eigenvalue weighted by molar-refractivity contribution is 5.76. The molecule has 0 bridgehead atoms. The van der Waals surface area contributed by atoms with Gasteiger partial charge in [0.25, 0.3) is 0 Å². The van der Waals surface area contributed by atoms with Crippen molar-refractivity contribution in [1.82, 2.24) is 5.32 Å². The lowest BCUT2D eigenvalue weighted by atomic mass is 9.97. The van der Waals surface area contributed by atoms with E-state index in [1.165, 1.54) is 57.8 Å². The first-order valence-corrected chi connectivity index (χ1v) is 34.1. The van der Waals surface area contributed by atoms with Gasteiger partial charge in [-0.2, -0.15) is 0 Å². The van der Waals surface area contributed by atoms with Gasteiger partial charge in [0.05, 0.1) is 32.0 Å². The van der Waals surface area contributed by atoms with Crippen molar-refractivity contribution in [2.75, 3.05) is 19.8 Å². The maximum atomic E-state index is 13.3. The predicted octanol–water partition coefficient (Wildman–Crippen LogP) is 13.7. The standard InChI is InChI=1S/C74H121NO13/c1-3-5-7-9-11-13-15-17-18-19-20-21-22-23-24-25-26-27-28-29-30-31-32-33-34-35-36-37-38-39-40-41-42-43-44-46-48-50-52-54-56-58-66(79)75-62(63(78)57-55-53-51-49-47-45-16-14-12-10-8-6-4-2)61-85-73-71(84)69(82)72(65(60-77)87-73)88-74-70(83)68(81)67(80)64(59-76)86-74/h5,7,11,13,17-18,20-21,23-24,26-27,29-30,32-33,35-36,38-39,41-42,44,46,62-65,67-74,76-78,80-84H,3-4,6,8-10,12,14-16,19,22,25,28,31,34,37,40,43,45,47-61H2,1-2H3,(H,75,79)/b7-5-,13-11-,18-17-,21-20-,24-23-,27-26-,30-29-,33-32-,36-35-,39-38-,42-41-,46-44-. The first-order valence-electron chi connectivity index (χ1n) is 34.1. The molecule has 14 heteroatoms. The second-order valence-electron chi connectivity index (χ2n) is 23.2. The van der Waals surface area contributed by atoms with Crippen LogP contribution in [0.25, 0.3) is 0 Å². The minimum absolute atomic E-state index is 0.237. The van der Waals surface area contributed by atoms with Crippen molar-refractivity contribution >= 4 is 5.91 Å². The summed E-state index contributed by atoms with van der Waals surface area (Å²) >= 11 is 0. The van der Waals surface area contributed by atoms with E-state index < -0.39 is 86.8 Å². The van der Waals surface area contributed by atoms with Crippen LogP contribution < -0.4 is 5.32 Å². The van der Waals surface area contributed by atoms with E-state index >= 15 is 0 Å². The van der Waals surface area contributed by atoms with E-state index in [-0.39, 0.29) is 18.9 Å². The number of amides is 1. The third-order valence-electron chi connectivity index (χ3n) is 15.6. The lowest BCUT2D eigenvalue weighted by Crippen LogP contribution is -2.65. The lowest BCUT2D eigenvalue weighted by Gasteiger charge is -2.46.